The van der Waals surface area contributed by atoms with Crippen LogP contribution in [0, 0.1) is 13.8 Å². The zero-order valence-electron chi connectivity index (χ0n) is 12.5. The Kier molecular flexibility index (Phi) is 4.47. The normalized spacial score (nSPS) is 17.9. The van der Waals surface area contributed by atoms with Gasteiger partial charge in [0.2, 0.25) is 0 Å². The molecule has 1 unspecified atom stereocenters. The lowest BCUT2D eigenvalue weighted by Gasteiger charge is -2.19. The van der Waals surface area contributed by atoms with Gasteiger partial charge in [0.1, 0.15) is 0 Å². The zero-order valence-corrected chi connectivity index (χ0v) is 12.5. The second-order valence-electron chi connectivity index (χ2n) is 5.33. The van der Waals surface area contributed by atoms with Gasteiger partial charge >= 0.3 is 12.0 Å². The van der Waals surface area contributed by atoms with Crippen molar-refractivity contribution in [2.75, 3.05) is 25.5 Å². The number of carbonyl (C=O) groups is 2. The highest BCUT2D eigenvalue weighted by Gasteiger charge is 2.27. The van der Waals surface area contributed by atoms with E-state index in [0.29, 0.717) is 18.8 Å². The molecule has 0 aromatic heterocycles. The number of nitrogens with zero attached hydrogens (tertiary/aromatic N) is 1. The van der Waals surface area contributed by atoms with Gasteiger partial charge in [0.25, 0.3) is 0 Å². The van der Waals surface area contributed by atoms with Crippen LogP contribution < -0.4 is 5.32 Å². The Morgan fingerprint density at radius 2 is 2.10 bits per heavy atom. The molecule has 0 aliphatic carbocycles. The minimum atomic E-state index is -1.05. The molecular weight excluding hydrogens is 272 g/mol. The molecule has 0 radical (unpaired) electrons. The summed E-state index contributed by atoms with van der Waals surface area (Å²) in [4.78, 5) is 25.2. The van der Waals surface area contributed by atoms with E-state index in [1.807, 2.05) is 13.0 Å². The molecule has 21 heavy (non-hydrogen) atoms. The van der Waals surface area contributed by atoms with E-state index in [9.17, 15) is 14.7 Å². The van der Waals surface area contributed by atoms with Crippen LogP contribution in [0.4, 0.5) is 10.5 Å². The van der Waals surface area contributed by atoms with Crippen LogP contribution in [-0.4, -0.2) is 48.3 Å². The summed E-state index contributed by atoms with van der Waals surface area (Å²) in [6.45, 7) is 4.75. The molecule has 0 saturated carbocycles. The summed E-state index contributed by atoms with van der Waals surface area (Å²) in [7, 11) is 1.62. The number of amides is 2. The summed E-state index contributed by atoms with van der Waals surface area (Å²) in [5.41, 5.74) is 2.06. The Morgan fingerprint density at radius 3 is 2.67 bits per heavy atom. The average Bonchev–Trinajstić information content (AvgIpc) is 2.90. The van der Waals surface area contributed by atoms with Gasteiger partial charge in [-0.25, -0.2) is 9.59 Å². The Balaban J connectivity index is 2.19. The number of benzene rings is 1. The number of methoxy groups -OCH3 is 1. The molecule has 1 saturated heterocycles. The summed E-state index contributed by atoms with van der Waals surface area (Å²) in [5, 5.41) is 12.0. The van der Waals surface area contributed by atoms with Crippen LogP contribution in [0.3, 0.4) is 0 Å². The Hall–Kier alpha value is -2.08. The third-order valence-corrected chi connectivity index (χ3v) is 3.71. The van der Waals surface area contributed by atoms with Crippen LogP contribution in [0.1, 0.15) is 27.9 Å². The first kappa shape index (κ1) is 15.3. The maximum Gasteiger partial charge on any atom is 0.337 e. The van der Waals surface area contributed by atoms with Gasteiger partial charge in [-0.05, 0) is 37.5 Å². The summed E-state index contributed by atoms with van der Waals surface area (Å²) in [6.07, 6.45) is 0.844. The molecule has 1 aliphatic rings. The standard InChI is InChI=1S/C15H20N2O4/c1-9-6-10(2)13(12(7-9)14(18)19)16-15(20)17-5-4-11(8-17)21-3/h6-7,11H,4-5,8H2,1-3H3,(H,16,20)(H,18,19). The van der Waals surface area contributed by atoms with Gasteiger partial charge in [0, 0.05) is 20.2 Å². The lowest BCUT2D eigenvalue weighted by Crippen LogP contribution is -2.34. The predicted molar refractivity (Wildman–Crippen MR) is 78.9 cm³/mol. The van der Waals surface area contributed by atoms with E-state index < -0.39 is 5.97 Å². The van der Waals surface area contributed by atoms with Crippen molar-refractivity contribution in [2.45, 2.75) is 26.4 Å². The van der Waals surface area contributed by atoms with Crippen LogP contribution in [0.2, 0.25) is 0 Å². The largest absolute Gasteiger partial charge is 0.478 e. The van der Waals surface area contributed by atoms with Gasteiger partial charge in [-0.1, -0.05) is 6.07 Å². The monoisotopic (exact) mass is 292 g/mol. The number of ether oxygens (including phenoxy) is 1. The molecule has 6 heteroatoms. The molecule has 1 aromatic rings. The molecule has 1 aromatic carbocycles. The Labute approximate surface area is 123 Å². The SMILES string of the molecule is COC1CCN(C(=O)Nc2c(C)cc(C)cc2C(=O)O)C1. The van der Waals surface area contributed by atoms with Crippen molar-refractivity contribution < 1.29 is 19.4 Å². The molecule has 6 nitrogen and oxygen atoms in total. The molecule has 2 amide bonds. The topological polar surface area (TPSA) is 78.9 Å². The summed E-state index contributed by atoms with van der Waals surface area (Å²) in [6, 6.07) is 3.13. The van der Waals surface area contributed by atoms with Crippen molar-refractivity contribution in [1.29, 1.82) is 0 Å². The highest BCUT2D eigenvalue weighted by molar-refractivity contribution is 6.01. The second-order valence-corrected chi connectivity index (χ2v) is 5.33. The number of carboxylic acids is 1. The van der Waals surface area contributed by atoms with E-state index in [2.05, 4.69) is 5.32 Å². The maximum atomic E-state index is 12.3. The van der Waals surface area contributed by atoms with Crippen molar-refractivity contribution >= 4 is 17.7 Å². The fourth-order valence-corrected chi connectivity index (χ4v) is 2.59. The number of urea groups is 1. The minimum Gasteiger partial charge on any atom is -0.478 e. The number of anilines is 1. The van der Waals surface area contributed by atoms with Gasteiger partial charge in [-0.15, -0.1) is 0 Å². The van der Waals surface area contributed by atoms with Gasteiger partial charge in [-0.2, -0.15) is 0 Å². The molecule has 114 valence electrons. The van der Waals surface area contributed by atoms with Crippen LogP contribution in [-0.2, 0) is 4.74 Å². The van der Waals surface area contributed by atoms with Crippen molar-refractivity contribution in [3.63, 3.8) is 0 Å². The molecule has 2 rings (SSSR count). The quantitative estimate of drug-likeness (QED) is 0.895. The van der Waals surface area contributed by atoms with Gasteiger partial charge in [-0.3, -0.25) is 0 Å². The number of aromatic carboxylic acids is 1. The molecule has 0 spiro atoms. The van der Waals surface area contributed by atoms with Gasteiger partial charge in [0.15, 0.2) is 0 Å². The Bertz CT molecular complexity index is 571. The van der Waals surface area contributed by atoms with Crippen LogP contribution >= 0.6 is 0 Å². The fourth-order valence-electron chi connectivity index (χ4n) is 2.59. The van der Waals surface area contributed by atoms with E-state index in [1.54, 1.807) is 25.0 Å². The van der Waals surface area contributed by atoms with Crippen molar-refractivity contribution in [3.8, 4) is 0 Å². The summed E-state index contributed by atoms with van der Waals surface area (Å²) in [5.74, 6) is -1.05. The molecular formula is C15H20N2O4. The molecule has 0 bridgehead atoms. The number of carbonyl (C=O) groups excluding carboxylic acids is 1. The van der Waals surface area contributed by atoms with E-state index in [0.717, 1.165) is 17.5 Å². The molecule has 1 atom stereocenters. The van der Waals surface area contributed by atoms with E-state index >= 15 is 0 Å². The lowest BCUT2D eigenvalue weighted by molar-refractivity contribution is 0.0697. The molecule has 1 heterocycles. The minimum absolute atomic E-state index is 0.0498. The van der Waals surface area contributed by atoms with Crippen molar-refractivity contribution in [3.05, 3.63) is 28.8 Å². The number of aryl methyl sites for hydroxylation is 2. The highest BCUT2D eigenvalue weighted by Crippen LogP contribution is 2.24. The number of likely N-dealkylation sites (tertiary alicyclic amines) is 1. The van der Waals surface area contributed by atoms with Gasteiger partial charge in [0.05, 0.1) is 17.4 Å². The second kappa shape index (κ2) is 6.13. The predicted octanol–water partition coefficient (Wildman–Crippen LogP) is 2.25. The number of hydrogen-bond donors (Lipinski definition) is 2. The number of hydrogen-bond acceptors (Lipinski definition) is 3. The first-order valence-electron chi connectivity index (χ1n) is 6.85. The number of nitrogens with one attached hydrogen (secondary N) is 1. The Morgan fingerprint density at radius 1 is 1.38 bits per heavy atom. The maximum absolute atomic E-state index is 12.3. The molecule has 1 fully saturated rings. The van der Waals surface area contributed by atoms with Crippen LogP contribution in [0.5, 0.6) is 0 Å². The van der Waals surface area contributed by atoms with E-state index in [1.165, 1.54) is 0 Å². The third-order valence-electron chi connectivity index (χ3n) is 3.71. The summed E-state index contributed by atoms with van der Waals surface area (Å²) >= 11 is 0. The van der Waals surface area contributed by atoms with Crippen molar-refractivity contribution in [1.82, 2.24) is 4.90 Å². The lowest BCUT2D eigenvalue weighted by atomic mass is 10.0. The van der Waals surface area contributed by atoms with Crippen LogP contribution in [0.25, 0.3) is 0 Å². The molecule has 2 N–H and O–H groups in total. The zero-order chi connectivity index (χ0) is 15.6. The molecule has 1 aliphatic heterocycles. The first-order chi connectivity index (χ1) is 9.92. The number of rotatable bonds is 3. The average molecular weight is 292 g/mol. The first-order valence-corrected chi connectivity index (χ1v) is 6.85. The number of carboxylic acid groups (broad SMARTS) is 1. The smallest absolute Gasteiger partial charge is 0.337 e. The van der Waals surface area contributed by atoms with Crippen molar-refractivity contribution in [2.24, 2.45) is 0 Å². The van der Waals surface area contributed by atoms with E-state index in [-0.39, 0.29) is 17.7 Å². The third kappa shape index (κ3) is 3.33. The fraction of sp³-hybridized carbons (Fsp3) is 0.467. The van der Waals surface area contributed by atoms with Gasteiger partial charge < -0.3 is 20.1 Å². The highest BCUT2D eigenvalue weighted by atomic mass is 16.5. The van der Waals surface area contributed by atoms with Crippen LogP contribution in [0.15, 0.2) is 12.1 Å². The summed E-state index contributed by atoms with van der Waals surface area (Å²) < 4.78 is 5.23. The van der Waals surface area contributed by atoms with E-state index in [4.69, 9.17) is 4.74 Å².